The molecule has 26 heavy (non-hydrogen) atoms. The van der Waals surface area contributed by atoms with Crippen molar-refractivity contribution in [1.29, 1.82) is 0 Å². The largest absolute Gasteiger partial charge is 0.445 e. The number of hydrogen-bond acceptors (Lipinski definition) is 4. The van der Waals surface area contributed by atoms with Crippen LogP contribution in [-0.4, -0.2) is 38.3 Å². The Labute approximate surface area is 158 Å². The second-order valence-electron chi connectivity index (χ2n) is 7.98. The van der Waals surface area contributed by atoms with Gasteiger partial charge in [0.2, 0.25) is 0 Å². The summed E-state index contributed by atoms with van der Waals surface area (Å²) in [5, 5.41) is 13.1. The maximum absolute atomic E-state index is 12.1. The van der Waals surface area contributed by atoms with E-state index in [0.29, 0.717) is 6.42 Å². The van der Waals surface area contributed by atoms with Crippen molar-refractivity contribution in [2.75, 3.05) is 6.61 Å². The summed E-state index contributed by atoms with van der Waals surface area (Å²) in [6, 6.07) is 8.91. The predicted molar refractivity (Wildman–Crippen MR) is 108 cm³/mol. The average Bonchev–Trinajstić information content (AvgIpc) is 2.56. The molecule has 1 aromatic carbocycles. The maximum Gasteiger partial charge on any atom is 0.407 e. The number of aliphatic hydroxyl groups excluding tert-OH is 1. The van der Waals surface area contributed by atoms with Crippen LogP contribution in [0.4, 0.5) is 4.79 Å². The van der Waals surface area contributed by atoms with E-state index < -0.39 is 26.6 Å². The van der Waals surface area contributed by atoms with Gasteiger partial charge in [-0.15, -0.1) is 6.58 Å². The van der Waals surface area contributed by atoms with Gasteiger partial charge in [0.05, 0.1) is 18.8 Å². The Kier molecular flexibility index (Phi) is 8.53. The van der Waals surface area contributed by atoms with E-state index in [2.05, 4.69) is 45.8 Å². The second kappa shape index (κ2) is 9.90. The summed E-state index contributed by atoms with van der Waals surface area (Å²) in [4.78, 5) is 12.1. The van der Waals surface area contributed by atoms with Gasteiger partial charge in [0, 0.05) is 0 Å². The van der Waals surface area contributed by atoms with Crippen LogP contribution < -0.4 is 5.32 Å². The van der Waals surface area contributed by atoms with Crippen LogP contribution in [0, 0.1) is 0 Å². The van der Waals surface area contributed by atoms with Crippen LogP contribution >= 0.6 is 0 Å². The summed E-state index contributed by atoms with van der Waals surface area (Å²) in [6.45, 7) is 14.8. The Morgan fingerprint density at radius 1 is 1.31 bits per heavy atom. The van der Waals surface area contributed by atoms with E-state index in [4.69, 9.17) is 9.16 Å². The van der Waals surface area contributed by atoms with Crippen molar-refractivity contribution in [1.82, 2.24) is 5.32 Å². The summed E-state index contributed by atoms with van der Waals surface area (Å²) in [7, 11) is -1.99. The quantitative estimate of drug-likeness (QED) is 0.497. The van der Waals surface area contributed by atoms with E-state index in [-0.39, 0.29) is 18.3 Å². The fourth-order valence-electron chi connectivity index (χ4n) is 2.01. The highest BCUT2D eigenvalue weighted by atomic mass is 28.4. The number of alkyl carbamates (subject to hydrolysis) is 1. The standard InChI is InChI=1S/C20H33NO4Si/c1-7-11-18(22)17(15-25-26(5,6)20(2,3)4)21-19(23)24-14-16-12-9-8-10-13-16/h7-10,12-13,17-18,22H,1,11,14-15H2,2-6H3,(H,21,23)/t17-,18+/m0/s1. The fourth-order valence-corrected chi connectivity index (χ4v) is 3.04. The first-order valence-electron chi connectivity index (χ1n) is 8.97. The molecule has 0 heterocycles. The van der Waals surface area contributed by atoms with Gasteiger partial charge >= 0.3 is 6.09 Å². The van der Waals surface area contributed by atoms with Crippen molar-refractivity contribution < 1.29 is 19.1 Å². The van der Waals surface area contributed by atoms with Gasteiger partial charge in [-0.2, -0.15) is 0 Å². The molecular weight excluding hydrogens is 346 g/mol. The van der Waals surface area contributed by atoms with E-state index >= 15 is 0 Å². The molecule has 5 nitrogen and oxygen atoms in total. The van der Waals surface area contributed by atoms with Gasteiger partial charge in [-0.25, -0.2) is 4.79 Å². The van der Waals surface area contributed by atoms with Gasteiger partial charge in [0.1, 0.15) is 6.61 Å². The molecule has 1 amide bonds. The lowest BCUT2D eigenvalue weighted by Crippen LogP contribution is -2.50. The molecule has 0 saturated heterocycles. The minimum absolute atomic E-state index is 0.0504. The SMILES string of the molecule is C=CC[C@@H](O)[C@H](CO[Si](C)(C)C(C)(C)C)NC(=O)OCc1ccccc1. The maximum atomic E-state index is 12.1. The van der Waals surface area contributed by atoms with Crippen molar-refractivity contribution in [3.05, 3.63) is 48.6 Å². The molecular formula is C20H33NO4Si. The van der Waals surface area contributed by atoms with Gasteiger partial charge in [-0.1, -0.05) is 57.2 Å². The lowest BCUT2D eigenvalue weighted by molar-refractivity contribution is 0.0801. The molecule has 0 unspecified atom stereocenters. The number of benzene rings is 1. The molecule has 0 spiro atoms. The summed E-state index contributed by atoms with van der Waals surface area (Å²) >= 11 is 0. The highest BCUT2D eigenvalue weighted by molar-refractivity contribution is 6.74. The van der Waals surface area contributed by atoms with Crippen molar-refractivity contribution in [2.45, 2.75) is 64.1 Å². The van der Waals surface area contributed by atoms with Crippen molar-refractivity contribution >= 4 is 14.4 Å². The van der Waals surface area contributed by atoms with Crippen LogP contribution in [0.2, 0.25) is 18.1 Å². The Morgan fingerprint density at radius 3 is 2.46 bits per heavy atom. The molecule has 0 aliphatic heterocycles. The lowest BCUT2D eigenvalue weighted by Gasteiger charge is -2.37. The molecule has 2 N–H and O–H groups in total. The third-order valence-electron chi connectivity index (χ3n) is 4.82. The minimum Gasteiger partial charge on any atom is -0.445 e. The normalized spacial score (nSPS) is 14.4. The molecule has 6 heteroatoms. The number of ether oxygens (including phenoxy) is 1. The number of hydrogen-bond donors (Lipinski definition) is 2. The first-order valence-corrected chi connectivity index (χ1v) is 11.9. The van der Waals surface area contributed by atoms with Crippen LogP contribution in [0.5, 0.6) is 0 Å². The summed E-state index contributed by atoms with van der Waals surface area (Å²) in [5.74, 6) is 0. The molecule has 0 aliphatic carbocycles. The summed E-state index contributed by atoms with van der Waals surface area (Å²) in [6.07, 6.45) is 0.646. The highest BCUT2D eigenvalue weighted by Gasteiger charge is 2.38. The van der Waals surface area contributed by atoms with Gasteiger partial charge in [0.15, 0.2) is 8.32 Å². The average molecular weight is 380 g/mol. The monoisotopic (exact) mass is 379 g/mol. The van der Waals surface area contributed by atoms with E-state index in [0.717, 1.165) is 5.56 Å². The van der Waals surface area contributed by atoms with Gasteiger partial charge in [-0.3, -0.25) is 0 Å². The van der Waals surface area contributed by atoms with E-state index in [1.807, 2.05) is 30.3 Å². The van der Waals surface area contributed by atoms with E-state index in [1.54, 1.807) is 6.08 Å². The molecule has 146 valence electrons. The van der Waals surface area contributed by atoms with Crippen molar-refractivity contribution in [3.8, 4) is 0 Å². The van der Waals surface area contributed by atoms with Gasteiger partial charge in [0.25, 0.3) is 0 Å². The molecule has 0 fully saturated rings. The molecule has 0 radical (unpaired) electrons. The zero-order chi connectivity index (χ0) is 19.8. The molecule has 0 bridgehead atoms. The Balaban J connectivity index is 2.65. The summed E-state index contributed by atoms with van der Waals surface area (Å²) in [5.41, 5.74) is 0.906. The van der Waals surface area contributed by atoms with Crippen molar-refractivity contribution in [2.24, 2.45) is 0 Å². The molecule has 1 rings (SSSR count). The predicted octanol–water partition coefficient (Wildman–Crippen LogP) is 4.24. The molecule has 0 aromatic heterocycles. The fraction of sp³-hybridized carbons (Fsp3) is 0.550. The smallest absolute Gasteiger partial charge is 0.407 e. The van der Waals surface area contributed by atoms with Crippen LogP contribution in [0.25, 0.3) is 0 Å². The summed E-state index contributed by atoms with van der Waals surface area (Å²) < 4.78 is 11.4. The number of nitrogens with one attached hydrogen (secondary N) is 1. The number of carbonyl (C=O) groups is 1. The Morgan fingerprint density at radius 2 is 1.92 bits per heavy atom. The van der Waals surface area contributed by atoms with E-state index in [1.165, 1.54) is 0 Å². The number of amides is 1. The molecule has 0 saturated carbocycles. The molecule has 2 atom stereocenters. The van der Waals surface area contributed by atoms with Crippen LogP contribution in [-0.2, 0) is 15.8 Å². The van der Waals surface area contributed by atoms with Crippen molar-refractivity contribution in [3.63, 3.8) is 0 Å². The topological polar surface area (TPSA) is 67.8 Å². The van der Waals surface area contributed by atoms with Crippen LogP contribution in [0.3, 0.4) is 0 Å². The zero-order valence-corrected chi connectivity index (χ0v) is 17.6. The second-order valence-corrected chi connectivity index (χ2v) is 12.8. The van der Waals surface area contributed by atoms with Crippen LogP contribution in [0.1, 0.15) is 32.8 Å². The van der Waals surface area contributed by atoms with E-state index in [9.17, 15) is 9.90 Å². The zero-order valence-electron chi connectivity index (χ0n) is 16.6. The number of carbonyl (C=O) groups excluding carboxylic acids is 1. The first kappa shape index (κ1) is 22.4. The first-order chi connectivity index (χ1) is 12.1. The highest BCUT2D eigenvalue weighted by Crippen LogP contribution is 2.36. The third kappa shape index (κ3) is 7.31. The Bertz CT molecular complexity index is 569. The lowest BCUT2D eigenvalue weighted by atomic mass is 10.1. The number of rotatable bonds is 9. The number of aliphatic hydroxyl groups is 1. The molecule has 1 aromatic rings. The minimum atomic E-state index is -1.99. The molecule has 0 aliphatic rings. The van der Waals surface area contributed by atoms with Crippen LogP contribution in [0.15, 0.2) is 43.0 Å². The van der Waals surface area contributed by atoms with Gasteiger partial charge < -0.3 is 19.6 Å². The van der Waals surface area contributed by atoms with Gasteiger partial charge in [-0.05, 0) is 30.1 Å². The Hall–Kier alpha value is -1.63. The third-order valence-corrected chi connectivity index (χ3v) is 9.32.